The van der Waals surface area contributed by atoms with Crippen molar-refractivity contribution in [2.45, 2.75) is 25.8 Å². The van der Waals surface area contributed by atoms with Crippen molar-refractivity contribution in [3.05, 3.63) is 52.2 Å². The summed E-state index contributed by atoms with van der Waals surface area (Å²) in [6.07, 6.45) is 0.752. The van der Waals surface area contributed by atoms with E-state index in [-0.39, 0.29) is 12.3 Å². The summed E-state index contributed by atoms with van der Waals surface area (Å²) < 4.78 is 16.2. The van der Waals surface area contributed by atoms with Crippen LogP contribution in [0.25, 0.3) is 0 Å². The van der Waals surface area contributed by atoms with Crippen LogP contribution in [0.4, 0.5) is 0 Å². The number of amides is 1. The maximum absolute atomic E-state index is 13.0. The first-order valence-corrected chi connectivity index (χ1v) is 12.7. The minimum Gasteiger partial charge on any atom is -0.496 e. The maximum Gasteiger partial charge on any atom is 0.338 e. The molecule has 1 amide bonds. The third kappa shape index (κ3) is 5.55. The number of ether oxygens (including phenoxy) is 3. The molecule has 0 bridgehead atoms. The Balaban J connectivity index is 1.57. The number of allylic oxidation sites excluding steroid dienone is 1. The normalized spacial score (nSPS) is 20.2. The van der Waals surface area contributed by atoms with E-state index in [0.717, 1.165) is 49.3 Å². The number of rotatable bonds is 9. The Morgan fingerprint density at radius 2 is 2.00 bits per heavy atom. The smallest absolute Gasteiger partial charge is 0.338 e. The Kier molecular flexibility index (Phi) is 8.48. The van der Waals surface area contributed by atoms with Crippen molar-refractivity contribution in [1.82, 2.24) is 15.1 Å². The summed E-state index contributed by atoms with van der Waals surface area (Å²) in [7, 11) is 2.98. The Morgan fingerprint density at radius 3 is 2.71 bits per heavy atom. The molecule has 188 valence electrons. The number of esters is 1. The summed E-state index contributed by atoms with van der Waals surface area (Å²) in [5.41, 5.74) is 2.74. The number of aliphatic imine (C=N–C) groups is 1. The van der Waals surface area contributed by atoms with Gasteiger partial charge in [-0.15, -0.1) is 0 Å². The van der Waals surface area contributed by atoms with Crippen LogP contribution in [0.5, 0.6) is 5.75 Å². The van der Waals surface area contributed by atoms with Gasteiger partial charge in [-0.1, -0.05) is 36.9 Å². The first-order valence-electron chi connectivity index (χ1n) is 11.8. The van der Waals surface area contributed by atoms with Gasteiger partial charge in [-0.3, -0.25) is 9.69 Å². The predicted octanol–water partition coefficient (Wildman–Crippen LogP) is 2.67. The van der Waals surface area contributed by atoms with Crippen LogP contribution in [-0.2, 0) is 19.1 Å². The Morgan fingerprint density at radius 1 is 1.23 bits per heavy atom. The molecule has 1 saturated heterocycles. The van der Waals surface area contributed by atoms with Crippen LogP contribution in [0.15, 0.2) is 51.6 Å². The summed E-state index contributed by atoms with van der Waals surface area (Å²) in [6, 6.07) is 7.09. The third-order valence-electron chi connectivity index (χ3n) is 6.26. The van der Waals surface area contributed by atoms with Gasteiger partial charge in [-0.2, -0.15) is 0 Å². The highest BCUT2D eigenvalue weighted by molar-refractivity contribution is 8.16. The highest BCUT2D eigenvalue weighted by Gasteiger charge is 2.42. The zero-order chi connectivity index (χ0) is 24.8. The average molecular weight is 501 g/mol. The number of nitrogens with zero attached hydrogens (tertiary/aromatic N) is 3. The molecule has 0 aromatic heterocycles. The first-order chi connectivity index (χ1) is 17.1. The molecule has 3 heterocycles. The average Bonchev–Trinajstić information content (AvgIpc) is 3.29. The van der Waals surface area contributed by atoms with Crippen molar-refractivity contribution in [3.63, 3.8) is 0 Å². The lowest BCUT2D eigenvalue weighted by Gasteiger charge is -2.37. The van der Waals surface area contributed by atoms with Crippen molar-refractivity contribution in [3.8, 4) is 5.75 Å². The molecule has 0 unspecified atom stereocenters. The van der Waals surface area contributed by atoms with Crippen LogP contribution in [0, 0.1) is 0 Å². The van der Waals surface area contributed by atoms with Crippen molar-refractivity contribution in [1.29, 1.82) is 0 Å². The van der Waals surface area contributed by atoms with Gasteiger partial charge in [0.1, 0.15) is 5.75 Å². The lowest BCUT2D eigenvalue weighted by Crippen LogP contribution is -2.42. The first kappa shape index (κ1) is 25.3. The topological polar surface area (TPSA) is 92.7 Å². The minimum absolute atomic E-state index is 0.0741. The largest absolute Gasteiger partial charge is 0.496 e. The van der Waals surface area contributed by atoms with Gasteiger partial charge in [0.25, 0.3) is 0 Å². The second-order valence-corrected chi connectivity index (χ2v) is 9.16. The van der Waals surface area contributed by atoms with Crippen molar-refractivity contribution in [2.75, 3.05) is 53.6 Å². The van der Waals surface area contributed by atoms with Crippen molar-refractivity contribution < 1.29 is 23.8 Å². The number of carbonyl (C=O) groups excluding carboxylic acids is 2. The summed E-state index contributed by atoms with van der Waals surface area (Å²) >= 11 is 1.46. The van der Waals surface area contributed by atoms with Gasteiger partial charge in [0.15, 0.2) is 5.17 Å². The van der Waals surface area contributed by atoms with Crippen LogP contribution in [-0.4, -0.2) is 80.5 Å². The number of carbonyl (C=O) groups is 2. The van der Waals surface area contributed by atoms with E-state index in [1.807, 2.05) is 41.5 Å². The number of thioether (sulfide) groups is 1. The SMILES string of the molecule is CCC1=C(C(=O)OC)[C@@H](c2ccccc2OC)N2C(CC(=O)NCCN3CCOCC3)=CSC2=N1. The van der Waals surface area contributed by atoms with E-state index in [0.29, 0.717) is 30.0 Å². The van der Waals surface area contributed by atoms with E-state index >= 15 is 0 Å². The summed E-state index contributed by atoms with van der Waals surface area (Å²) in [6.45, 7) is 6.56. The summed E-state index contributed by atoms with van der Waals surface area (Å²) in [4.78, 5) is 34.9. The van der Waals surface area contributed by atoms with Crippen molar-refractivity contribution >= 4 is 28.8 Å². The molecular weight excluding hydrogens is 468 g/mol. The second kappa shape index (κ2) is 11.7. The van der Waals surface area contributed by atoms with E-state index in [1.165, 1.54) is 18.9 Å². The van der Waals surface area contributed by atoms with Crippen molar-refractivity contribution in [2.24, 2.45) is 4.99 Å². The molecule has 0 saturated carbocycles. The van der Waals surface area contributed by atoms with E-state index in [4.69, 9.17) is 19.2 Å². The third-order valence-corrected chi connectivity index (χ3v) is 7.15. The molecule has 1 N–H and O–H groups in total. The number of amidine groups is 1. The molecule has 3 aliphatic heterocycles. The van der Waals surface area contributed by atoms with Gasteiger partial charge in [-0.25, -0.2) is 9.79 Å². The zero-order valence-electron chi connectivity index (χ0n) is 20.4. The maximum atomic E-state index is 13.0. The Labute approximate surface area is 210 Å². The fraction of sp³-hybridized carbons (Fsp3) is 0.480. The molecule has 1 aromatic rings. The fourth-order valence-electron chi connectivity index (χ4n) is 4.50. The quantitative estimate of drug-likeness (QED) is 0.518. The van der Waals surface area contributed by atoms with Gasteiger partial charge in [0.05, 0.1) is 51.2 Å². The molecule has 0 aliphatic carbocycles. The fourth-order valence-corrected chi connectivity index (χ4v) is 5.44. The molecule has 10 heteroatoms. The molecule has 1 atom stereocenters. The van der Waals surface area contributed by atoms with Gasteiger partial charge < -0.3 is 24.4 Å². The van der Waals surface area contributed by atoms with Gasteiger partial charge in [0, 0.05) is 37.4 Å². The molecule has 1 aromatic carbocycles. The zero-order valence-corrected chi connectivity index (χ0v) is 21.2. The monoisotopic (exact) mass is 500 g/mol. The second-order valence-electron chi connectivity index (χ2n) is 8.32. The molecular formula is C25H32N4O5S. The number of morpholine rings is 1. The van der Waals surface area contributed by atoms with Gasteiger partial charge in [0.2, 0.25) is 5.91 Å². The van der Waals surface area contributed by atoms with E-state index in [9.17, 15) is 9.59 Å². The highest BCUT2D eigenvalue weighted by atomic mass is 32.2. The number of hydrogen-bond donors (Lipinski definition) is 1. The van der Waals surface area contributed by atoms with Crippen LogP contribution >= 0.6 is 11.8 Å². The number of nitrogens with one attached hydrogen (secondary N) is 1. The number of benzene rings is 1. The Bertz CT molecular complexity index is 1050. The number of hydrogen-bond acceptors (Lipinski definition) is 9. The van der Waals surface area contributed by atoms with Crippen LogP contribution < -0.4 is 10.1 Å². The van der Waals surface area contributed by atoms with E-state index in [2.05, 4.69) is 10.2 Å². The highest BCUT2D eigenvalue weighted by Crippen LogP contribution is 2.47. The molecule has 0 spiro atoms. The van der Waals surface area contributed by atoms with E-state index < -0.39 is 12.0 Å². The predicted molar refractivity (Wildman–Crippen MR) is 135 cm³/mol. The lowest BCUT2D eigenvalue weighted by molar-refractivity contribution is -0.136. The summed E-state index contributed by atoms with van der Waals surface area (Å²) in [5, 5.41) is 5.71. The van der Waals surface area contributed by atoms with Gasteiger partial charge >= 0.3 is 5.97 Å². The van der Waals surface area contributed by atoms with E-state index in [1.54, 1.807) is 7.11 Å². The van der Waals surface area contributed by atoms with Crippen LogP contribution in [0.1, 0.15) is 31.4 Å². The Hall–Kier alpha value is -2.82. The molecule has 3 aliphatic rings. The molecule has 9 nitrogen and oxygen atoms in total. The van der Waals surface area contributed by atoms with Crippen LogP contribution in [0.2, 0.25) is 0 Å². The summed E-state index contributed by atoms with van der Waals surface area (Å²) in [5.74, 6) is 0.142. The minimum atomic E-state index is -0.511. The number of methoxy groups -OCH3 is 2. The lowest BCUT2D eigenvalue weighted by atomic mass is 9.92. The molecule has 35 heavy (non-hydrogen) atoms. The number of para-hydroxylation sites is 1. The molecule has 1 fully saturated rings. The molecule has 0 radical (unpaired) electrons. The number of fused-ring (bicyclic) bond motifs is 1. The van der Waals surface area contributed by atoms with Gasteiger partial charge in [-0.05, 0) is 17.9 Å². The molecule has 4 rings (SSSR count). The standard InChI is InChI=1S/C25H32N4O5S/c1-4-19-22(24(31)33-3)23(18-7-5-6-8-20(18)32-2)29-17(16-35-25(29)27-19)15-21(30)26-9-10-28-11-13-34-14-12-28/h5-8,16,23H,4,9-15H2,1-3H3,(H,26,30)/t23-/m1/s1. The van der Waals surface area contributed by atoms with Crippen LogP contribution in [0.3, 0.4) is 0 Å².